The van der Waals surface area contributed by atoms with Crippen LogP contribution in [0.25, 0.3) is 11.3 Å². The van der Waals surface area contributed by atoms with Gasteiger partial charge in [-0.2, -0.15) is 0 Å². The lowest BCUT2D eigenvalue weighted by Crippen LogP contribution is -2.73. The molecule has 3 heterocycles. The molecule has 0 atom stereocenters. The number of ether oxygens (including phenoxy) is 1. The van der Waals surface area contributed by atoms with E-state index in [1.807, 2.05) is 4.90 Å². The highest BCUT2D eigenvalue weighted by molar-refractivity contribution is 5.75. The van der Waals surface area contributed by atoms with Gasteiger partial charge in [0.15, 0.2) is 11.6 Å². The molecule has 1 spiro atoms. The van der Waals surface area contributed by atoms with Crippen molar-refractivity contribution in [3.63, 3.8) is 0 Å². The van der Waals surface area contributed by atoms with Gasteiger partial charge in [0, 0.05) is 50.1 Å². The van der Waals surface area contributed by atoms with E-state index in [1.165, 1.54) is 12.4 Å². The topological polar surface area (TPSA) is 58.6 Å². The molecule has 0 bridgehead atoms. The first-order chi connectivity index (χ1) is 13.1. The molecule has 0 aliphatic carbocycles. The van der Waals surface area contributed by atoms with Gasteiger partial charge < -0.3 is 14.5 Å². The molecule has 2 aliphatic heterocycles. The Hall–Kier alpha value is -2.91. The number of likely N-dealkylation sites (tertiary alicyclic amines) is 1. The number of aromatic nitrogens is 2. The number of anilines is 1. The minimum Gasteiger partial charge on any atom is -0.403 e. The Morgan fingerprint density at radius 3 is 2.46 bits per heavy atom. The van der Waals surface area contributed by atoms with Gasteiger partial charge in [-0.05, 0) is 18.2 Å². The SMILES string of the molecule is CC(=O)N1CC2(C1)CN(c1cc(-c3ccc(OC(F)(F)F)c(F)c3)ncn1)C2. The third kappa shape index (κ3) is 3.46. The van der Waals surface area contributed by atoms with Crippen LogP contribution in [0.4, 0.5) is 23.4 Å². The summed E-state index contributed by atoms with van der Waals surface area (Å²) in [7, 11) is 0. The second-order valence-corrected chi connectivity index (χ2v) is 7.19. The minimum absolute atomic E-state index is 0.0633. The Bertz CT molecular complexity index is 920. The van der Waals surface area contributed by atoms with Crippen molar-refractivity contribution in [2.45, 2.75) is 13.3 Å². The third-order valence-corrected chi connectivity index (χ3v) is 4.98. The Kier molecular flexibility index (Phi) is 4.16. The van der Waals surface area contributed by atoms with Gasteiger partial charge >= 0.3 is 6.36 Å². The molecule has 4 rings (SSSR count). The van der Waals surface area contributed by atoms with Crippen LogP contribution in [-0.4, -0.2) is 53.3 Å². The van der Waals surface area contributed by atoms with Crippen molar-refractivity contribution in [2.24, 2.45) is 5.41 Å². The summed E-state index contributed by atoms with van der Waals surface area (Å²) in [6, 6.07) is 4.84. The summed E-state index contributed by atoms with van der Waals surface area (Å²) in [5.41, 5.74) is 0.805. The maximum Gasteiger partial charge on any atom is 0.573 e. The number of hydrogen-bond acceptors (Lipinski definition) is 5. The number of hydrogen-bond donors (Lipinski definition) is 0. The van der Waals surface area contributed by atoms with Gasteiger partial charge in [-0.25, -0.2) is 14.4 Å². The van der Waals surface area contributed by atoms with E-state index in [1.54, 1.807) is 17.9 Å². The van der Waals surface area contributed by atoms with Crippen molar-refractivity contribution >= 4 is 11.7 Å². The molecule has 0 saturated carbocycles. The average molecular weight is 396 g/mol. The fourth-order valence-corrected chi connectivity index (χ4v) is 3.66. The summed E-state index contributed by atoms with van der Waals surface area (Å²) in [6.45, 7) is 4.50. The number of benzene rings is 1. The molecule has 10 heteroatoms. The molecule has 6 nitrogen and oxygen atoms in total. The Labute approximate surface area is 157 Å². The molecular formula is C18H16F4N4O2. The lowest BCUT2D eigenvalue weighted by molar-refractivity contribution is -0.275. The zero-order valence-corrected chi connectivity index (χ0v) is 14.8. The van der Waals surface area contributed by atoms with E-state index in [0.717, 1.165) is 38.3 Å². The third-order valence-electron chi connectivity index (χ3n) is 4.98. The van der Waals surface area contributed by atoms with Crippen LogP contribution >= 0.6 is 0 Å². The lowest BCUT2D eigenvalue weighted by Gasteiger charge is -2.60. The van der Waals surface area contributed by atoms with E-state index in [0.29, 0.717) is 17.1 Å². The molecule has 2 aliphatic rings. The van der Waals surface area contributed by atoms with Crippen LogP contribution in [0, 0.1) is 11.2 Å². The fourth-order valence-electron chi connectivity index (χ4n) is 3.66. The highest BCUT2D eigenvalue weighted by Crippen LogP contribution is 2.41. The van der Waals surface area contributed by atoms with E-state index in [-0.39, 0.29) is 11.3 Å². The summed E-state index contributed by atoms with van der Waals surface area (Å²) in [5, 5.41) is 0. The number of amides is 1. The van der Waals surface area contributed by atoms with Gasteiger partial charge in [0.1, 0.15) is 12.1 Å². The van der Waals surface area contributed by atoms with Crippen LogP contribution in [0.3, 0.4) is 0 Å². The van der Waals surface area contributed by atoms with Crippen LogP contribution in [0.1, 0.15) is 6.92 Å². The summed E-state index contributed by atoms with van der Waals surface area (Å²) < 4.78 is 54.4. The second kappa shape index (κ2) is 6.32. The second-order valence-electron chi connectivity index (χ2n) is 7.19. The summed E-state index contributed by atoms with van der Waals surface area (Å²) in [6.07, 6.45) is -3.63. The summed E-state index contributed by atoms with van der Waals surface area (Å²) in [4.78, 5) is 23.4. The molecule has 1 amide bonds. The van der Waals surface area contributed by atoms with Crippen molar-refractivity contribution in [3.8, 4) is 17.0 Å². The lowest BCUT2D eigenvalue weighted by atomic mass is 9.73. The molecule has 0 N–H and O–H groups in total. The molecule has 148 valence electrons. The summed E-state index contributed by atoms with van der Waals surface area (Å²) in [5.74, 6) is -1.31. The number of carbonyl (C=O) groups is 1. The van der Waals surface area contributed by atoms with Gasteiger partial charge in [0.25, 0.3) is 0 Å². The largest absolute Gasteiger partial charge is 0.573 e. The van der Waals surface area contributed by atoms with Crippen LogP contribution in [-0.2, 0) is 4.79 Å². The number of alkyl halides is 3. The van der Waals surface area contributed by atoms with Crippen molar-refractivity contribution in [1.29, 1.82) is 0 Å². The van der Waals surface area contributed by atoms with E-state index in [2.05, 4.69) is 14.7 Å². The molecule has 2 saturated heterocycles. The maximum atomic E-state index is 13.9. The zero-order valence-electron chi connectivity index (χ0n) is 14.8. The van der Waals surface area contributed by atoms with E-state index >= 15 is 0 Å². The fraction of sp³-hybridized carbons (Fsp3) is 0.389. The van der Waals surface area contributed by atoms with Gasteiger partial charge in [-0.1, -0.05) is 0 Å². The number of halogens is 4. The smallest absolute Gasteiger partial charge is 0.403 e. The molecule has 2 aromatic rings. The number of carbonyl (C=O) groups excluding carboxylic acids is 1. The first-order valence-corrected chi connectivity index (χ1v) is 8.52. The molecule has 0 unspecified atom stereocenters. The van der Waals surface area contributed by atoms with Crippen molar-refractivity contribution in [3.05, 3.63) is 36.4 Å². The maximum absolute atomic E-state index is 13.9. The first kappa shape index (κ1) is 18.5. The minimum atomic E-state index is -4.96. The van der Waals surface area contributed by atoms with Crippen molar-refractivity contribution in [1.82, 2.24) is 14.9 Å². The van der Waals surface area contributed by atoms with Crippen molar-refractivity contribution in [2.75, 3.05) is 31.1 Å². The quantitative estimate of drug-likeness (QED) is 0.747. The Morgan fingerprint density at radius 1 is 1.14 bits per heavy atom. The molecule has 1 aromatic carbocycles. The zero-order chi connectivity index (χ0) is 20.1. The van der Waals surface area contributed by atoms with E-state index in [4.69, 9.17) is 0 Å². The molecule has 2 fully saturated rings. The normalized spacial score (nSPS) is 17.9. The predicted molar refractivity (Wildman–Crippen MR) is 91.0 cm³/mol. The van der Waals surface area contributed by atoms with E-state index < -0.39 is 17.9 Å². The van der Waals surface area contributed by atoms with Gasteiger partial charge in [0.05, 0.1) is 5.69 Å². The van der Waals surface area contributed by atoms with Gasteiger partial charge in [0.2, 0.25) is 5.91 Å². The van der Waals surface area contributed by atoms with Gasteiger partial charge in [-0.3, -0.25) is 4.79 Å². The van der Waals surface area contributed by atoms with Gasteiger partial charge in [-0.15, -0.1) is 13.2 Å². The first-order valence-electron chi connectivity index (χ1n) is 8.52. The van der Waals surface area contributed by atoms with Crippen LogP contribution in [0.5, 0.6) is 5.75 Å². The summed E-state index contributed by atoms with van der Waals surface area (Å²) >= 11 is 0. The van der Waals surface area contributed by atoms with E-state index in [9.17, 15) is 22.4 Å². The van der Waals surface area contributed by atoms with Crippen LogP contribution < -0.4 is 9.64 Å². The molecule has 0 radical (unpaired) electrons. The molecule has 1 aromatic heterocycles. The predicted octanol–water partition coefficient (Wildman–Crippen LogP) is 2.85. The standard InChI is InChI=1S/C18H16F4N4O2/c1-11(27)25-6-17(7-25)8-26(9-17)16-5-14(23-10-24-16)12-2-3-15(13(19)4-12)28-18(20,21)22/h2-5,10H,6-9H2,1H3. The highest BCUT2D eigenvalue weighted by Gasteiger charge is 2.52. The number of nitrogens with zero attached hydrogens (tertiary/aromatic N) is 4. The number of rotatable bonds is 3. The van der Waals surface area contributed by atoms with Crippen LogP contribution in [0.2, 0.25) is 0 Å². The van der Waals surface area contributed by atoms with Crippen LogP contribution in [0.15, 0.2) is 30.6 Å². The molecule has 28 heavy (non-hydrogen) atoms. The highest BCUT2D eigenvalue weighted by atomic mass is 19.4. The average Bonchev–Trinajstić information content (AvgIpc) is 2.53. The Morgan fingerprint density at radius 2 is 1.86 bits per heavy atom. The molecular weight excluding hydrogens is 380 g/mol. The monoisotopic (exact) mass is 396 g/mol. The van der Waals surface area contributed by atoms with Crippen molar-refractivity contribution < 1.29 is 27.1 Å². The Balaban J connectivity index is 1.46.